The minimum absolute atomic E-state index is 0.0702. The second-order valence-electron chi connectivity index (χ2n) is 4.28. The fourth-order valence-electron chi connectivity index (χ4n) is 1.71. The van der Waals surface area contributed by atoms with Crippen molar-refractivity contribution in [3.63, 3.8) is 0 Å². The highest BCUT2D eigenvalue weighted by Gasteiger charge is 2.06. The van der Waals surface area contributed by atoms with Crippen LogP contribution < -0.4 is 9.47 Å². The summed E-state index contributed by atoms with van der Waals surface area (Å²) in [7, 11) is 3.12. The molecular formula is C15H16N2O5. The van der Waals surface area contributed by atoms with E-state index in [9.17, 15) is 4.79 Å². The summed E-state index contributed by atoms with van der Waals surface area (Å²) in [5.41, 5.74) is 0.701. The molecule has 0 aliphatic heterocycles. The Morgan fingerprint density at radius 3 is 2.77 bits per heavy atom. The van der Waals surface area contributed by atoms with Gasteiger partial charge in [0.1, 0.15) is 11.5 Å². The molecule has 2 rings (SSSR count). The van der Waals surface area contributed by atoms with Crippen molar-refractivity contribution in [3.05, 3.63) is 41.6 Å². The van der Waals surface area contributed by atoms with E-state index in [0.717, 1.165) is 0 Å². The highest BCUT2D eigenvalue weighted by Crippen LogP contribution is 2.25. The van der Waals surface area contributed by atoms with E-state index in [0.29, 0.717) is 22.9 Å². The molecule has 0 N–H and O–H groups in total. The Morgan fingerprint density at radius 2 is 2.14 bits per heavy atom. The number of aromatic nitrogens is 2. The van der Waals surface area contributed by atoms with Crippen LogP contribution in [0.2, 0.25) is 0 Å². The summed E-state index contributed by atoms with van der Waals surface area (Å²) in [5.74, 6) is 1.49. The zero-order chi connectivity index (χ0) is 15.9. The van der Waals surface area contributed by atoms with Crippen LogP contribution in [0.5, 0.6) is 11.5 Å². The molecule has 0 fully saturated rings. The third-order valence-corrected chi connectivity index (χ3v) is 2.74. The Balaban J connectivity index is 1.99. The van der Waals surface area contributed by atoms with Crippen LogP contribution in [0.1, 0.15) is 17.3 Å². The molecule has 0 saturated heterocycles. The van der Waals surface area contributed by atoms with Crippen molar-refractivity contribution in [3.8, 4) is 11.5 Å². The molecule has 0 aliphatic rings. The van der Waals surface area contributed by atoms with Gasteiger partial charge in [-0.2, -0.15) is 4.98 Å². The van der Waals surface area contributed by atoms with Crippen LogP contribution in [-0.4, -0.2) is 30.3 Å². The van der Waals surface area contributed by atoms with E-state index in [2.05, 4.69) is 10.1 Å². The summed E-state index contributed by atoms with van der Waals surface area (Å²) in [6, 6.07) is 5.28. The molecule has 0 unspecified atom stereocenters. The fourth-order valence-corrected chi connectivity index (χ4v) is 1.71. The maximum absolute atomic E-state index is 11.7. The highest BCUT2D eigenvalue weighted by molar-refractivity contribution is 5.87. The molecule has 0 aliphatic carbocycles. The van der Waals surface area contributed by atoms with Crippen LogP contribution in [0.3, 0.4) is 0 Å². The fraction of sp³-hybridized carbons (Fsp3) is 0.267. The third-order valence-electron chi connectivity index (χ3n) is 2.74. The summed E-state index contributed by atoms with van der Waals surface area (Å²) in [4.78, 5) is 15.6. The van der Waals surface area contributed by atoms with E-state index in [1.165, 1.54) is 6.08 Å². The maximum Gasteiger partial charge on any atom is 0.331 e. The van der Waals surface area contributed by atoms with Gasteiger partial charge in [0.15, 0.2) is 12.4 Å². The largest absolute Gasteiger partial charge is 0.497 e. The number of methoxy groups -OCH3 is 2. The molecule has 0 spiro atoms. The lowest BCUT2D eigenvalue weighted by atomic mass is 10.1. The van der Waals surface area contributed by atoms with Crippen LogP contribution in [0.4, 0.5) is 0 Å². The Hall–Kier alpha value is -2.83. The van der Waals surface area contributed by atoms with E-state index < -0.39 is 5.97 Å². The molecule has 0 atom stereocenters. The van der Waals surface area contributed by atoms with Gasteiger partial charge in [0, 0.05) is 11.6 Å². The molecule has 1 heterocycles. The number of ether oxygens (including phenoxy) is 3. The molecule has 0 amide bonds. The van der Waals surface area contributed by atoms with E-state index in [1.807, 2.05) is 0 Å². The zero-order valence-corrected chi connectivity index (χ0v) is 12.5. The maximum atomic E-state index is 11.7. The number of hydrogen-bond donors (Lipinski definition) is 0. The lowest BCUT2D eigenvalue weighted by molar-refractivity contribution is -0.139. The van der Waals surface area contributed by atoms with E-state index in [-0.39, 0.29) is 12.5 Å². The minimum Gasteiger partial charge on any atom is -0.497 e. The van der Waals surface area contributed by atoms with Crippen molar-refractivity contribution in [2.75, 3.05) is 14.2 Å². The van der Waals surface area contributed by atoms with E-state index in [4.69, 9.17) is 18.7 Å². The lowest BCUT2D eigenvalue weighted by Gasteiger charge is -2.07. The third kappa shape index (κ3) is 4.08. The Morgan fingerprint density at radius 1 is 1.32 bits per heavy atom. The van der Waals surface area contributed by atoms with E-state index >= 15 is 0 Å². The van der Waals surface area contributed by atoms with Gasteiger partial charge in [-0.05, 0) is 31.2 Å². The number of esters is 1. The van der Waals surface area contributed by atoms with Crippen molar-refractivity contribution in [1.29, 1.82) is 0 Å². The summed E-state index contributed by atoms with van der Waals surface area (Å²) in [6.07, 6.45) is 2.88. The van der Waals surface area contributed by atoms with Crippen LogP contribution in [0.15, 0.2) is 28.8 Å². The molecule has 22 heavy (non-hydrogen) atoms. The smallest absolute Gasteiger partial charge is 0.331 e. The molecule has 2 aromatic rings. The van der Waals surface area contributed by atoms with Crippen molar-refractivity contribution >= 4 is 12.0 Å². The number of nitrogens with zero attached hydrogens (tertiary/aromatic N) is 2. The Labute approximate surface area is 127 Å². The summed E-state index contributed by atoms with van der Waals surface area (Å²) in [6.45, 7) is 1.61. The number of carbonyl (C=O) groups is 1. The predicted octanol–water partition coefficient (Wildman–Crippen LogP) is 2.15. The minimum atomic E-state index is -0.527. The van der Waals surface area contributed by atoms with Crippen molar-refractivity contribution < 1.29 is 23.5 Å². The van der Waals surface area contributed by atoms with Gasteiger partial charge in [-0.3, -0.25) is 0 Å². The normalized spacial score (nSPS) is 10.7. The van der Waals surface area contributed by atoms with Gasteiger partial charge in [0.2, 0.25) is 0 Å². The van der Waals surface area contributed by atoms with Crippen LogP contribution in [0, 0.1) is 6.92 Å². The topological polar surface area (TPSA) is 83.7 Å². The van der Waals surface area contributed by atoms with Gasteiger partial charge in [-0.15, -0.1) is 0 Å². The summed E-state index contributed by atoms with van der Waals surface area (Å²) < 4.78 is 20.2. The van der Waals surface area contributed by atoms with Gasteiger partial charge < -0.3 is 18.7 Å². The SMILES string of the molecule is COc1ccc(OC)c(/C=C/C(=O)OCc2nc(C)no2)c1. The standard InChI is InChI=1S/C15H16N2O5/c1-10-16-14(22-17-10)9-21-15(18)7-4-11-8-12(19-2)5-6-13(11)20-3/h4-8H,9H2,1-3H3/b7-4+. The monoisotopic (exact) mass is 304 g/mol. The van der Waals surface area contributed by atoms with Gasteiger partial charge in [0.05, 0.1) is 14.2 Å². The van der Waals surface area contributed by atoms with Crippen LogP contribution in [0.25, 0.3) is 6.08 Å². The highest BCUT2D eigenvalue weighted by atomic mass is 16.6. The molecule has 0 saturated carbocycles. The van der Waals surface area contributed by atoms with Crippen molar-refractivity contribution in [2.45, 2.75) is 13.5 Å². The van der Waals surface area contributed by atoms with Gasteiger partial charge in [-0.1, -0.05) is 5.16 Å². The first-order valence-electron chi connectivity index (χ1n) is 6.48. The van der Waals surface area contributed by atoms with Crippen molar-refractivity contribution in [2.24, 2.45) is 0 Å². The molecule has 1 aromatic carbocycles. The molecule has 7 nitrogen and oxygen atoms in total. The van der Waals surface area contributed by atoms with Gasteiger partial charge in [0.25, 0.3) is 5.89 Å². The number of benzene rings is 1. The Bertz CT molecular complexity index is 678. The number of rotatable bonds is 6. The summed E-state index contributed by atoms with van der Waals surface area (Å²) >= 11 is 0. The first-order valence-corrected chi connectivity index (χ1v) is 6.48. The second kappa shape index (κ2) is 7.26. The molecule has 7 heteroatoms. The lowest BCUT2D eigenvalue weighted by Crippen LogP contribution is -2.01. The average molecular weight is 304 g/mol. The second-order valence-corrected chi connectivity index (χ2v) is 4.28. The first kappa shape index (κ1) is 15.6. The van der Waals surface area contributed by atoms with Crippen molar-refractivity contribution in [1.82, 2.24) is 10.1 Å². The summed E-state index contributed by atoms with van der Waals surface area (Å²) in [5, 5.41) is 3.60. The number of carbonyl (C=O) groups excluding carboxylic acids is 1. The molecule has 0 radical (unpaired) electrons. The first-order chi connectivity index (χ1) is 10.6. The number of hydrogen-bond acceptors (Lipinski definition) is 7. The van der Waals surface area contributed by atoms with E-state index in [1.54, 1.807) is 45.4 Å². The van der Waals surface area contributed by atoms with Gasteiger partial charge in [-0.25, -0.2) is 4.79 Å². The Kier molecular flexibility index (Phi) is 5.13. The zero-order valence-electron chi connectivity index (χ0n) is 12.5. The molecule has 116 valence electrons. The average Bonchev–Trinajstić information content (AvgIpc) is 2.96. The van der Waals surface area contributed by atoms with Gasteiger partial charge >= 0.3 is 5.97 Å². The quantitative estimate of drug-likeness (QED) is 0.597. The predicted molar refractivity (Wildman–Crippen MR) is 77.4 cm³/mol. The number of aryl methyl sites for hydroxylation is 1. The van der Waals surface area contributed by atoms with Crippen LogP contribution in [-0.2, 0) is 16.1 Å². The van der Waals surface area contributed by atoms with Crippen LogP contribution >= 0.6 is 0 Å². The molecular weight excluding hydrogens is 288 g/mol. The molecule has 1 aromatic heterocycles. The molecule has 0 bridgehead atoms.